The summed E-state index contributed by atoms with van der Waals surface area (Å²) in [6.45, 7) is 2.03. The fourth-order valence-electron chi connectivity index (χ4n) is 2.20. The quantitative estimate of drug-likeness (QED) is 0.575. The van der Waals surface area contributed by atoms with Crippen LogP contribution >= 0.6 is 34.8 Å². The van der Waals surface area contributed by atoms with Crippen molar-refractivity contribution in [1.29, 1.82) is 0 Å². The van der Waals surface area contributed by atoms with E-state index in [1.165, 1.54) is 12.1 Å². The van der Waals surface area contributed by atoms with E-state index in [1.54, 1.807) is 0 Å². The van der Waals surface area contributed by atoms with Crippen molar-refractivity contribution in [2.24, 2.45) is 0 Å². The Kier molecular flexibility index (Phi) is 7.12. The molecular formula is C18H16Cl3NO3. The van der Waals surface area contributed by atoms with E-state index in [0.29, 0.717) is 13.0 Å². The van der Waals surface area contributed by atoms with Gasteiger partial charge in [-0.25, -0.2) is 4.79 Å². The molecular weight excluding hydrogens is 385 g/mol. The zero-order valence-corrected chi connectivity index (χ0v) is 15.7. The molecule has 0 fully saturated rings. The first kappa shape index (κ1) is 19.6. The lowest BCUT2D eigenvalue weighted by Gasteiger charge is -2.10. The van der Waals surface area contributed by atoms with Crippen molar-refractivity contribution >= 4 is 46.7 Å². The number of amides is 1. The summed E-state index contributed by atoms with van der Waals surface area (Å²) in [4.78, 5) is 23.9. The maximum atomic E-state index is 12.1. The maximum Gasteiger partial charge on any atom is 0.341 e. The van der Waals surface area contributed by atoms with E-state index < -0.39 is 18.5 Å². The summed E-state index contributed by atoms with van der Waals surface area (Å²) < 4.78 is 4.95. The topological polar surface area (TPSA) is 55.4 Å². The molecule has 2 aromatic carbocycles. The minimum atomic E-state index is -0.799. The number of hydrogen-bond donors (Lipinski definition) is 1. The fourth-order valence-corrected chi connectivity index (χ4v) is 2.88. The molecule has 0 heterocycles. The minimum Gasteiger partial charge on any atom is -0.452 e. The lowest BCUT2D eigenvalue weighted by molar-refractivity contribution is -0.124. The highest BCUT2D eigenvalue weighted by molar-refractivity contribution is 6.46. The van der Waals surface area contributed by atoms with Crippen molar-refractivity contribution in [3.05, 3.63) is 68.2 Å². The van der Waals surface area contributed by atoms with Gasteiger partial charge in [-0.2, -0.15) is 0 Å². The number of benzene rings is 2. The van der Waals surface area contributed by atoms with E-state index in [9.17, 15) is 9.59 Å². The number of rotatable bonds is 6. The zero-order chi connectivity index (χ0) is 18.4. The molecule has 0 saturated heterocycles. The van der Waals surface area contributed by atoms with Crippen LogP contribution in [0.5, 0.6) is 0 Å². The number of aryl methyl sites for hydroxylation is 1. The van der Waals surface area contributed by atoms with E-state index in [2.05, 4.69) is 5.32 Å². The molecule has 0 saturated carbocycles. The average molecular weight is 401 g/mol. The fraction of sp³-hybridized carbons (Fsp3) is 0.222. The highest BCUT2D eigenvalue weighted by atomic mass is 35.5. The first-order valence-corrected chi connectivity index (χ1v) is 8.65. The van der Waals surface area contributed by atoms with Gasteiger partial charge in [0, 0.05) is 6.54 Å². The Morgan fingerprint density at radius 1 is 1.04 bits per heavy atom. The molecule has 0 aliphatic rings. The Morgan fingerprint density at radius 3 is 2.44 bits per heavy atom. The van der Waals surface area contributed by atoms with E-state index in [0.717, 1.165) is 11.1 Å². The monoisotopic (exact) mass is 399 g/mol. The number of hydrogen-bond acceptors (Lipinski definition) is 3. The van der Waals surface area contributed by atoms with Crippen LogP contribution in [0.25, 0.3) is 0 Å². The summed E-state index contributed by atoms with van der Waals surface area (Å²) in [6, 6.07) is 10.8. The van der Waals surface area contributed by atoms with Crippen LogP contribution in [0.2, 0.25) is 15.1 Å². The van der Waals surface area contributed by atoms with Crippen LogP contribution < -0.4 is 5.32 Å². The van der Waals surface area contributed by atoms with Crippen LogP contribution in [0, 0.1) is 6.92 Å². The number of carbonyl (C=O) groups is 2. The summed E-state index contributed by atoms with van der Waals surface area (Å²) in [5, 5.41) is 2.99. The molecule has 2 rings (SSSR count). The van der Waals surface area contributed by atoms with Crippen molar-refractivity contribution in [1.82, 2.24) is 5.32 Å². The van der Waals surface area contributed by atoms with Gasteiger partial charge < -0.3 is 10.1 Å². The van der Waals surface area contributed by atoms with Gasteiger partial charge in [0.2, 0.25) is 0 Å². The van der Waals surface area contributed by atoms with Gasteiger partial charge in [-0.05, 0) is 36.6 Å². The van der Waals surface area contributed by atoms with Crippen LogP contribution in [0.4, 0.5) is 0 Å². The van der Waals surface area contributed by atoms with Gasteiger partial charge in [0.15, 0.2) is 6.61 Å². The molecule has 1 amide bonds. The molecule has 2 aromatic rings. The van der Waals surface area contributed by atoms with Crippen molar-refractivity contribution in [2.45, 2.75) is 13.3 Å². The average Bonchev–Trinajstić information content (AvgIpc) is 2.58. The van der Waals surface area contributed by atoms with E-state index in [-0.39, 0.29) is 20.6 Å². The van der Waals surface area contributed by atoms with Gasteiger partial charge in [-0.15, -0.1) is 0 Å². The normalized spacial score (nSPS) is 10.4. The third-order valence-corrected chi connectivity index (χ3v) is 4.68. The lowest BCUT2D eigenvalue weighted by atomic mass is 10.1. The summed E-state index contributed by atoms with van der Waals surface area (Å²) in [7, 11) is 0. The second-order valence-corrected chi connectivity index (χ2v) is 6.51. The van der Waals surface area contributed by atoms with Gasteiger partial charge in [0.25, 0.3) is 5.91 Å². The van der Waals surface area contributed by atoms with Gasteiger partial charge in [-0.1, -0.05) is 59.1 Å². The molecule has 0 aromatic heterocycles. The SMILES string of the molecule is Cc1ccccc1CCNC(=O)COC(=O)c1c(Cl)ccc(Cl)c1Cl. The van der Waals surface area contributed by atoms with Crippen molar-refractivity contribution in [3.63, 3.8) is 0 Å². The van der Waals surface area contributed by atoms with Crippen LogP contribution in [-0.2, 0) is 16.0 Å². The van der Waals surface area contributed by atoms with Gasteiger partial charge in [0.05, 0.1) is 20.6 Å². The molecule has 0 bridgehead atoms. The molecule has 7 heteroatoms. The zero-order valence-electron chi connectivity index (χ0n) is 13.4. The lowest BCUT2D eigenvalue weighted by Crippen LogP contribution is -2.30. The number of ether oxygens (including phenoxy) is 1. The van der Waals surface area contributed by atoms with Crippen molar-refractivity contribution in [3.8, 4) is 0 Å². The smallest absolute Gasteiger partial charge is 0.341 e. The van der Waals surface area contributed by atoms with Crippen molar-refractivity contribution < 1.29 is 14.3 Å². The summed E-state index contributed by atoms with van der Waals surface area (Å²) >= 11 is 17.7. The molecule has 0 aliphatic heterocycles. The van der Waals surface area contributed by atoms with Crippen LogP contribution in [0.3, 0.4) is 0 Å². The third-order valence-electron chi connectivity index (χ3n) is 3.56. The molecule has 25 heavy (non-hydrogen) atoms. The first-order valence-electron chi connectivity index (χ1n) is 7.52. The van der Waals surface area contributed by atoms with E-state index in [1.807, 2.05) is 31.2 Å². The highest BCUT2D eigenvalue weighted by Gasteiger charge is 2.19. The molecule has 0 aliphatic carbocycles. The number of carbonyl (C=O) groups excluding carboxylic acids is 2. The van der Waals surface area contributed by atoms with Gasteiger partial charge in [0.1, 0.15) is 0 Å². The van der Waals surface area contributed by atoms with E-state index in [4.69, 9.17) is 39.5 Å². The third kappa shape index (κ3) is 5.36. The predicted molar refractivity (Wildman–Crippen MR) is 99.6 cm³/mol. The molecule has 1 N–H and O–H groups in total. The van der Waals surface area contributed by atoms with Gasteiger partial charge in [-0.3, -0.25) is 4.79 Å². The molecule has 132 valence electrons. The number of halogens is 3. The Bertz CT molecular complexity index is 793. The van der Waals surface area contributed by atoms with E-state index >= 15 is 0 Å². The predicted octanol–water partition coefficient (Wildman–Crippen LogP) is 4.47. The molecule has 0 radical (unpaired) electrons. The minimum absolute atomic E-state index is 0.000808. The Balaban J connectivity index is 1.83. The maximum absolute atomic E-state index is 12.1. The Labute approximate surface area is 161 Å². The molecule has 0 unspecified atom stereocenters. The van der Waals surface area contributed by atoms with Gasteiger partial charge >= 0.3 is 5.97 Å². The second kappa shape index (κ2) is 9.09. The standard InChI is InChI=1S/C18H16Cl3NO3/c1-11-4-2-3-5-12(11)8-9-22-15(23)10-25-18(24)16-13(19)6-7-14(20)17(16)21/h2-7H,8-10H2,1H3,(H,22,23). The number of nitrogens with one attached hydrogen (secondary N) is 1. The summed E-state index contributed by atoms with van der Waals surface area (Å²) in [6.07, 6.45) is 0.693. The Morgan fingerprint density at radius 2 is 1.72 bits per heavy atom. The number of esters is 1. The Hall–Kier alpha value is -1.75. The van der Waals surface area contributed by atoms with Crippen LogP contribution in [0.15, 0.2) is 36.4 Å². The van der Waals surface area contributed by atoms with Crippen LogP contribution in [-0.4, -0.2) is 25.0 Å². The van der Waals surface area contributed by atoms with Crippen molar-refractivity contribution in [2.75, 3.05) is 13.2 Å². The molecule has 0 spiro atoms. The first-order chi connectivity index (χ1) is 11.9. The summed E-state index contributed by atoms with van der Waals surface area (Å²) in [5.41, 5.74) is 2.26. The highest BCUT2D eigenvalue weighted by Crippen LogP contribution is 2.31. The molecule has 0 atom stereocenters. The second-order valence-electron chi connectivity index (χ2n) is 5.32. The molecule has 4 nitrogen and oxygen atoms in total. The van der Waals surface area contributed by atoms with Crippen LogP contribution in [0.1, 0.15) is 21.5 Å². The summed E-state index contributed by atoms with van der Waals surface area (Å²) in [5.74, 6) is -1.21. The largest absolute Gasteiger partial charge is 0.452 e.